The van der Waals surface area contributed by atoms with Crippen LogP contribution in [0.15, 0.2) is 34.8 Å². The van der Waals surface area contributed by atoms with Crippen LogP contribution in [-0.2, 0) is 4.79 Å². The molecule has 2 amide bonds. The Morgan fingerprint density at radius 3 is 2.58 bits per heavy atom. The van der Waals surface area contributed by atoms with Crippen LogP contribution in [0.3, 0.4) is 0 Å². The van der Waals surface area contributed by atoms with E-state index in [0.29, 0.717) is 5.69 Å². The lowest BCUT2D eigenvalue weighted by atomic mass is 10.2. The number of hydrogen-bond acceptors (Lipinski definition) is 3. The summed E-state index contributed by atoms with van der Waals surface area (Å²) >= 11 is 15.0. The van der Waals surface area contributed by atoms with Crippen LogP contribution in [0.1, 0.15) is 15.9 Å². The van der Waals surface area contributed by atoms with E-state index in [0.717, 1.165) is 10.0 Å². The van der Waals surface area contributed by atoms with E-state index < -0.39 is 5.91 Å². The molecule has 0 aliphatic heterocycles. The fraction of sp³-hybridized carbons (Fsp3) is 0.188. The van der Waals surface area contributed by atoms with Crippen LogP contribution < -0.4 is 5.32 Å². The summed E-state index contributed by atoms with van der Waals surface area (Å²) < 4.78 is 0.926. The number of anilines is 1. The Morgan fingerprint density at radius 2 is 1.96 bits per heavy atom. The molecule has 2 rings (SSSR count). The summed E-state index contributed by atoms with van der Waals surface area (Å²) in [6.07, 6.45) is 0. The summed E-state index contributed by atoms with van der Waals surface area (Å²) in [6, 6.07) is 8.46. The third kappa shape index (κ3) is 4.69. The number of aryl methyl sites for hydroxylation is 1. The molecule has 0 saturated heterocycles. The maximum absolute atomic E-state index is 12.3. The number of carbonyl (C=O) groups is 2. The number of halogens is 3. The fourth-order valence-corrected chi connectivity index (χ4v) is 2.92. The van der Waals surface area contributed by atoms with Crippen molar-refractivity contribution in [3.05, 3.63) is 56.2 Å². The highest BCUT2D eigenvalue weighted by Gasteiger charge is 2.19. The second-order valence-electron chi connectivity index (χ2n) is 5.14. The van der Waals surface area contributed by atoms with Gasteiger partial charge in [-0.3, -0.25) is 9.59 Å². The van der Waals surface area contributed by atoms with Gasteiger partial charge in [-0.05, 0) is 42.8 Å². The topological polar surface area (TPSA) is 62.3 Å². The molecule has 1 N–H and O–H groups in total. The smallest absolute Gasteiger partial charge is 0.257 e. The molecule has 126 valence electrons. The molecule has 1 aromatic carbocycles. The van der Waals surface area contributed by atoms with E-state index in [-0.39, 0.29) is 28.3 Å². The van der Waals surface area contributed by atoms with E-state index in [9.17, 15) is 9.59 Å². The minimum absolute atomic E-state index is 0.00325. The third-order valence-corrected chi connectivity index (χ3v) is 4.23. The van der Waals surface area contributed by atoms with Gasteiger partial charge in [0.15, 0.2) is 0 Å². The zero-order valence-corrected chi connectivity index (χ0v) is 16.0. The number of rotatable bonds is 4. The van der Waals surface area contributed by atoms with Gasteiger partial charge in [0.25, 0.3) is 5.91 Å². The molecule has 0 fully saturated rings. The highest BCUT2D eigenvalue weighted by Crippen LogP contribution is 2.20. The van der Waals surface area contributed by atoms with Crippen LogP contribution in [0.5, 0.6) is 0 Å². The molecule has 8 heteroatoms. The van der Waals surface area contributed by atoms with Gasteiger partial charge in [0.2, 0.25) is 5.91 Å². The zero-order chi connectivity index (χ0) is 17.9. The highest BCUT2D eigenvalue weighted by atomic mass is 79.9. The summed E-state index contributed by atoms with van der Waals surface area (Å²) in [5.41, 5.74) is 1.79. The van der Waals surface area contributed by atoms with Crippen LogP contribution in [-0.4, -0.2) is 35.3 Å². The summed E-state index contributed by atoms with van der Waals surface area (Å²) in [4.78, 5) is 29.6. The van der Waals surface area contributed by atoms with Crippen molar-refractivity contribution in [1.29, 1.82) is 0 Å². The van der Waals surface area contributed by atoms with Gasteiger partial charge in [-0.25, -0.2) is 4.98 Å². The lowest BCUT2D eigenvalue weighted by molar-refractivity contribution is -0.116. The van der Waals surface area contributed by atoms with Gasteiger partial charge >= 0.3 is 0 Å². The monoisotopic (exact) mass is 429 g/mol. The molecule has 0 spiro atoms. The first kappa shape index (κ1) is 18.7. The number of nitrogens with one attached hydrogen (secondary N) is 1. The third-order valence-electron chi connectivity index (χ3n) is 3.24. The summed E-state index contributed by atoms with van der Waals surface area (Å²) in [7, 11) is 1.52. The Hall–Kier alpha value is -1.63. The van der Waals surface area contributed by atoms with Gasteiger partial charge in [0, 0.05) is 17.2 Å². The molecule has 0 unspecified atom stereocenters. The standard InChI is InChI=1S/C16H14BrCl2N3O2/c1-9-7-10(17)3-5-12(9)20-14(23)8-22(2)16(24)11-4-6-13(18)21-15(11)19/h3-7H,8H2,1-2H3,(H,20,23). The molecule has 2 aromatic rings. The van der Waals surface area contributed by atoms with E-state index in [2.05, 4.69) is 26.2 Å². The van der Waals surface area contributed by atoms with Crippen molar-refractivity contribution >= 4 is 56.6 Å². The fourth-order valence-electron chi connectivity index (χ4n) is 2.02. The Labute approximate surface area is 158 Å². The lowest BCUT2D eigenvalue weighted by Gasteiger charge is -2.18. The minimum Gasteiger partial charge on any atom is -0.332 e. The number of amides is 2. The van der Waals surface area contributed by atoms with Crippen molar-refractivity contribution in [3.63, 3.8) is 0 Å². The van der Waals surface area contributed by atoms with Crippen LogP contribution in [0, 0.1) is 6.92 Å². The summed E-state index contributed by atoms with van der Waals surface area (Å²) in [6.45, 7) is 1.77. The van der Waals surface area contributed by atoms with Crippen LogP contribution in [0.25, 0.3) is 0 Å². The van der Waals surface area contributed by atoms with Crippen molar-refractivity contribution in [2.45, 2.75) is 6.92 Å². The molecular weight excluding hydrogens is 417 g/mol. The molecular formula is C16H14BrCl2N3O2. The predicted molar refractivity (Wildman–Crippen MR) is 98.7 cm³/mol. The number of aromatic nitrogens is 1. The van der Waals surface area contributed by atoms with Crippen LogP contribution in [0.4, 0.5) is 5.69 Å². The lowest BCUT2D eigenvalue weighted by Crippen LogP contribution is -2.35. The Morgan fingerprint density at radius 1 is 1.25 bits per heavy atom. The largest absolute Gasteiger partial charge is 0.332 e. The number of nitrogens with zero attached hydrogens (tertiary/aromatic N) is 2. The SMILES string of the molecule is Cc1cc(Br)ccc1NC(=O)CN(C)C(=O)c1ccc(Cl)nc1Cl. The Balaban J connectivity index is 2.04. The molecule has 5 nitrogen and oxygen atoms in total. The number of carbonyl (C=O) groups excluding carboxylic acids is 2. The molecule has 24 heavy (non-hydrogen) atoms. The van der Waals surface area contributed by atoms with E-state index >= 15 is 0 Å². The van der Waals surface area contributed by atoms with Crippen molar-refractivity contribution in [3.8, 4) is 0 Å². The molecule has 0 atom stereocenters. The molecule has 0 aliphatic rings. The quantitative estimate of drug-likeness (QED) is 0.740. The van der Waals surface area contributed by atoms with E-state index in [4.69, 9.17) is 23.2 Å². The summed E-state index contributed by atoms with van der Waals surface area (Å²) in [5, 5.41) is 2.98. The van der Waals surface area contributed by atoms with Gasteiger partial charge in [-0.15, -0.1) is 0 Å². The van der Waals surface area contributed by atoms with Crippen molar-refractivity contribution < 1.29 is 9.59 Å². The molecule has 0 bridgehead atoms. The molecule has 0 radical (unpaired) electrons. The van der Waals surface area contributed by atoms with Gasteiger partial charge in [0.05, 0.1) is 12.1 Å². The molecule has 0 aliphatic carbocycles. The van der Waals surface area contributed by atoms with Gasteiger partial charge < -0.3 is 10.2 Å². The first-order chi connectivity index (χ1) is 11.3. The maximum Gasteiger partial charge on any atom is 0.257 e. The maximum atomic E-state index is 12.3. The number of benzene rings is 1. The second-order valence-corrected chi connectivity index (χ2v) is 6.80. The first-order valence-corrected chi connectivity index (χ1v) is 8.46. The van der Waals surface area contributed by atoms with Crippen molar-refractivity contribution in [2.24, 2.45) is 0 Å². The average molecular weight is 431 g/mol. The Bertz CT molecular complexity index is 799. The van der Waals surface area contributed by atoms with E-state index in [1.807, 2.05) is 19.1 Å². The van der Waals surface area contributed by atoms with Gasteiger partial charge in [-0.2, -0.15) is 0 Å². The second kappa shape index (κ2) is 7.96. The van der Waals surface area contributed by atoms with Gasteiger partial charge in [0.1, 0.15) is 10.3 Å². The van der Waals surface area contributed by atoms with Crippen molar-refractivity contribution in [1.82, 2.24) is 9.88 Å². The molecule has 1 heterocycles. The minimum atomic E-state index is -0.410. The van der Waals surface area contributed by atoms with E-state index in [1.54, 1.807) is 6.07 Å². The van der Waals surface area contributed by atoms with Crippen LogP contribution >= 0.6 is 39.1 Å². The zero-order valence-electron chi connectivity index (χ0n) is 12.9. The number of likely N-dealkylation sites (N-methyl/N-ethyl adjacent to an activating group) is 1. The van der Waals surface area contributed by atoms with Crippen molar-refractivity contribution in [2.75, 3.05) is 18.9 Å². The first-order valence-electron chi connectivity index (χ1n) is 6.91. The normalized spacial score (nSPS) is 10.4. The molecule has 0 saturated carbocycles. The molecule has 1 aromatic heterocycles. The van der Waals surface area contributed by atoms with Gasteiger partial charge in [-0.1, -0.05) is 39.1 Å². The summed E-state index contributed by atoms with van der Waals surface area (Å²) in [5.74, 6) is -0.721. The predicted octanol–water partition coefficient (Wildman–Crippen LogP) is 4.17. The highest BCUT2D eigenvalue weighted by molar-refractivity contribution is 9.10. The average Bonchev–Trinajstić information content (AvgIpc) is 2.49. The Kier molecular flexibility index (Phi) is 6.21. The number of hydrogen-bond donors (Lipinski definition) is 1. The number of pyridine rings is 1. The van der Waals surface area contributed by atoms with E-state index in [1.165, 1.54) is 24.1 Å². The van der Waals surface area contributed by atoms with Crippen LogP contribution in [0.2, 0.25) is 10.3 Å².